The highest BCUT2D eigenvalue weighted by molar-refractivity contribution is 5.83. The van der Waals surface area contributed by atoms with Gasteiger partial charge in [-0.05, 0) is 5.56 Å². The van der Waals surface area contributed by atoms with E-state index in [1.165, 1.54) is 12.1 Å². The summed E-state index contributed by atoms with van der Waals surface area (Å²) in [7, 11) is 1.04. The number of rotatable bonds is 4. The molecule has 1 atom stereocenters. The summed E-state index contributed by atoms with van der Waals surface area (Å²) >= 11 is 0. The Morgan fingerprint density at radius 2 is 2.12 bits per heavy atom. The molecule has 86 valence electrons. The van der Waals surface area contributed by atoms with Gasteiger partial charge in [0.05, 0.1) is 8.48 Å². The molecule has 1 amide bonds. The maximum absolute atomic E-state index is 11.7. The minimum atomic E-state index is -2.55. The first-order valence-corrected chi connectivity index (χ1v) is 4.68. The van der Waals surface area contributed by atoms with Crippen LogP contribution in [-0.2, 0) is 20.7 Å². The summed E-state index contributed by atoms with van der Waals surface area (Å²) in [5.74, 6) is -1.86. The van der Waals surface area contributed by atoms with Crippen molar-refractivity contribution in [2.24, 2.45) is 0 Å². The lowest BCUT2D eigenvalue weighted by Crippen LogP contribution is -2.41. The average molecular weight is 224 g/mol. The van der Waals surface area contributed by atoms with E-state index in [1.807, 2.05) is 5.32 Å². The van der Waals surface area contributed by atoms with Crippen molar-refractivity contribution >= 4 is 11.9 Å². The minimum Gasteiger partial charge on any atom is -0.467 e. The first-order valence-electron chi connectivity index (χ1n) is 6.18. The number of esters is 1. The van der Waals surface area contributed by atoms with Gasteiger partial charge >= 0.3 is 5.97 Å². The molecule has 1 N–H and O–H groups in total. The van der Waals surface area contributed by atoms with Crippen molar-refractivity contribution in [1.29, 1.82) is 0 Å². The molecule has 4 nitrogen and oxygen atoms in total. The van der Waals surface area contributed by atoms with Crippen molar-refractivity contribution in [2.45, 2.75) is 19.3 Å². The summed E-state index contributed by atoms with van der Waals surface area (Å²) in [6.45, 7) is 1.10. The van der Waals surface area contributed by atoms with E-state index in [1.54, 1.807) is 18.2 Å². The SMILES string of the molecule is [2H]C([2H])(c1ccccc1)[C@]([2H])(NC(C)=O)C(=O)OC. The number of hydrogen-bond donors (Lipinski definition) is 1. The van der Waals surface area contributed by atoms with Crippen LogP contribution in [0.5, 0.6) is 0 Å². The summed E-state index contributed by atoms with van der Waals surface area (Å²) in [5, 5.41) is 2.02. The monoisotopic (exact) mass is 224 g/mol. The zero-order valence-corrected chi connectivity index (χ0v) is 9.11. The van der Waals surface area contributed by atoms with Gasteiger partial charge in [0.25, 0.3) is 0 Å². The number of nitrogens with one attached hydrogen (secondary N) is 1. The van der Waals surface area contributed by atoms with Crippen LogP contribution in [-0.4, -0.2) is 25.0 Å². The third-order valence-electron chi connectivity index (χ3n) is 1.73. The molecular formula is C12H15NO3. The van der Waals surface area contributed by atoms with Crippen LogP contribution in [0.25, 0.3) is 0 Å². The van der Waals surface area contributed by atoms with E-state index in [9.17, 15) is 9.59 Å². The fraction of sp³-hybridized carbons (Fsp3) is 0.333. The molecule has 0 fully saturated rings. The van der Waals surface area contributed by atoms with Crippen molar-refractivity contribution in [2.75, 3.05) is 7.11 Å². The van der Waals surface area contributed by atoms with E-state index in [4.69, 9.17) is 4.11 Å². The molecule has 0 heterocycles. The van der Waals surface area contributed by atoms with E-state index < -0.39 is 24.3 Å². The van der Waals surface area contributed by atoms with Gasteiger partial charge < -0.3 is 10.1 Å². The van der Waals surface area contributed by atoms with E-state index in [-0.39, 0.29) is 5.56 Å². The lowest BCUT2D eigenvalue weighted by Gasteiger charge is -2.15. The molecule has 4 heteroatoms. The molecule has 0 radical (unpaired) electrons. The molecule has 0 unspecified atom stereocenters. The predicted molar refractivity (Wildman–Crippen MR) is 59.8 cm³/mol. The van der Waals surface area contributed by atoms with Gasteiger partial charge in [0.15, 0.2) is 0 Å². The molecule has 0 saturated carbocycles. The Kier molecular flexibility index (Phi) is 3.07. The minimum absolute atomic E-state index is 0.101. The first kappa shape index (κ1) is 8.33. The predicted octanol–water partition coefficient (Wildman–Crippen LogP) is 0.907. The van der Waals surface area contributed by atoms with E-state index in [0.717, 1.165) is 14.0 Å². The van der Waals surface area contributed by atoms with Crippen LogP contribution in [0.2, 0.25) is 0 Å². The third-order valence-corrected chi connectivity index (χ3v) is 1.73. The van der Waals surface area contributed by atoms with Crippen LogP contribution in [0.3, 0.4) is 0 Å². The fourth-order valence-corrected chi connectivity index (χ4v) is 1.08. The Labute approximate surface area is 98.8 Å². The van der Waals surface area contributed by atoms with Crippen molar-refractivity contribution in [3.63, 3.8) is 0 Å². The van der Waals surface area contributed by atoms with Crippen LogP contribution in [0, 0.1) is 0 Å². The van der Waals surface area contributed by atoms with E-state index in [2.05, 4.69) is 4.74 Å². The summed E-state index contributed by atoms with van der Waals surface area (Å²) in [4.78, 5) is 22.9. The molecule has 0 aliphatic carbocycles. The van der Waals surface area contributed by atoms with Crippen LogP contribution in [0.1, 0.15) is 16.6 Å². The number of methoxy groups -OCH3 is 1. The van der Waals surface area contributed by atoms with E-state index >= 15 is 0 Å². The quantitative estimate of drug-likeness (QED) is 0.773. The molecule has 0 spiro atoms. The Bertz CT molecular complexity index is 478. The van der Waals surface area contributed by atoms with Crippen molar-refractivity contribution < 1.29 is 18.4 Å². The molecule has 1 rings (SSSR count). The maximum Gasteiger partial charge on any atom is 0.328 e. The van der Waals surface area contributed by atoms with Gasteiger partial charge in [-0.2, -0.15) is 0 Å². The van der Waals surface area contributed by atoms with Crippen molar-refractivity contribution in [1.82, 2.24) is 5.32 Å². The average Bonchev–Trinajstić information content (AvgIpc) is 2.37. The highest BCUT2D eigenvalue weighted by Gasteiger charge is 2.20. The number of benzene rings is 1. The summed E-state index contributed by atoms with van der Waals surface area (Å²) in [6, 6.07) is 5.18. The van der Waals surface area contributed by atoms with Crippen LogP contribution in [0.15, 0.2) is 30.3 Å². The lowest BCUT2D eigenvalue weighted by atomic mass is 10.1. The van der Waals surface area contributed by atoms with Gasteiger partial charge in [-0.1, -0.05) is 30.3 Å². The molecule has 0 saturated heterocycles. The molecule has 16 heavy (non-hydrogen) atoms. The number of hydrogen-bond acceptors (Lipinski definition) is 3. The Hall–Kier alpha value is -1.84. The van der Waals surface area contributed by atoms with Gasteiger partial charge in [-0.3, -0.25) is 4.79 Å². The summed E-state index contributed by atoms with van der Waals surface area (Å²) < 4.78 is 28.5. The highest BCUT2D eigenvalue weighted by Crippen LogP contribution is 2.04. The second-order valence-electron chi connectivity index (χ2n) is 3.04. The zero-order chi connectivity index (χ0) is 14.7. The van der Waals surface area contributed by atoms with Crippen molar-refractivity contribution in [3.8, 4) is 0 Å². The molecule has 0 aliphatic rings. The largest absolute Gasteiger partial charge is 0.467 e. The number of carbonyl (C=O) groups is 2. The molecule has 1 aromatic rings. The van der Waals surface area contributed by atoms with Crippen molar-refractivity contribution in [3.05, 3.63) is 35.9 Å². The third kappa shape index (κ3) is 3.73. The van der Waals surface area contributed by atoms with E-state index in [0.29, 0.717) is 0 Å². The lowest BCUT2D eigenvalue weighted by molar-refractivity contribution is -0.144. The number of amides is 1. The number of ether oxygens (including phenoxy) is 1. The highest BCUT2D eigenvalue weighted by atomic mass is 16.5. The summed E-state index contributed by atoms with van der Waals surface area (Å²) in [6.07, 6.45) is -2.44. The molecule has 0 aliphatic heterocycles. The van der Waals surface area contributed by atoms with Gasteiger partial charge in [-0.25, -0.2) is 4.79 Å². The normalized spacial score (nSPS) is 17.2. The fourth-order valence-electron chi connectivity index (χ4n) is 1.08. The standard InChI is InChI=1S/C12H15NO3/c1-9(14)13-11(12(15)16-2)8-10-6-4-3-5-7-10/h3-7,11H,8H2,1-2H3,(H,13,14)/t11-/m0/s1/i8D2,11D. The van der Waals surface area contributed by atoms with Gasteiger partial charge in [0, 0.05) is 16.0 Å². The first-order chi connectivity index (χ1) is 8.75. The van der Waals surface area contributed by atoms with Crippen LogP contribution in [0.4, 0.5) is 0 Å². The summed E-state index contributed by atoms with van der Waals surface area (Å²) in [5.41, 5.74) is 0.101. The van der Waals surface area contributed by atoms with Crippen LogP contribution < -0.4 is 5.32 Å². The molecule has 0 bridgehead atoms. The second-order valence-corrected chi connectivity index (χ2v) is 3.04. The Balaban J connectivity index is 3.31. The smallest absolute Gasteiger partial charge is 0.328 e. The Morgan fingerprint density at radius 1 is 1.50 bits per heavy atom. The zero-order valence-electron chi connectivity index (χ0n) is 12.1. The molecule has 0 aromatic heterocycles. The topological polar surface area (TPSA) is 55.4 Å². The van der Waals surface area contributed by atoms with Gasteiger partial charge in [-0.15, -0.1) is 0 Å². The molecule has 1 aromatic carbocycles. The van der Waals surface area contributed by atoms with Crippen LogP contribution >= 0.6 is 0 Å². The number of carbonyl (C=O) groups excluding carboxylic acids is 2. The Morgan fingerprint density at radius 3 is 2.62 bits per heavy atom. The molecular weight excluding hydrogens is 206 g/mol. The second kappa shape index (κ2) is 5.90. The van der Waals surface area contributed by atoms with Gasteiger partial charge in [0.1, 0.15) is 6.02 Å². The van der Waals surface area contributed by atoms with Gasteiger partial charge in [0.2, 0.25) is 5.91 Å². The maximum atomic E-state index is 11.7.